The second-order valence-corrected chi connectivity index (χ2v) is 9.72. The standard InChI is InChI=1S/C24H21Cl2FN4O2S/c1-30(24(33)21-18(26)3-2-4-19(21)27)23-20(31-7-9-34-10-8-31)12-15(13-29-23)16-11-14(22(28)32)5-6-17(16)25/h2-6,11-13H,7-10H2,1H3,(H2,28,32). The molecule has 1 aliphatic heterocycles. The fourth-order valence-corrected chi connectivity index (χ4v) is 5.13. The van der Waals surface area contributed by atoms with E-state index in [1.807, 2.05) is 17.8 Å². The lowest BCUT2D eigenvalue weighted by Crippen LogP contribution is -2.36. The van der Waals surface area contributed by atoms with Crippen molar-refractivity contribution in [3.8, 4) is 11.1 Å². The van der Waals surface area contributed by atoms with Crippen LogP contribution in [0.4, 0.5) is 15.9 Å². The van der Waals surface area contributed by atoms with Gasteiger partial charge in [0, 0.05) is 59.6 Å². The van der Waals surface area contributed by atoms with E-state index >= 15 is 0 Å². The summed E-state index contributed by atoms with van der Waals surface area (Å²) in [6.07, 6.45) is 1.57. The van der Waals surface area contributed by atoms with Crippen LogP contribution in [0.2, 0.25) is 10.0 Å². The Labute approximate surface area is 210 Å². The maximum Gasteiger partial charge on any atom is 0.263 e. The van der Waals surface area contributed by atoms with Crippen LogP contribution in [0.15, 0.2) is 48.7 Å². The molecule has 2 heterocycles. The average molecular weight is 519 g/mol. The van der Waals surface area contributed by atoms with E-state index in [1.165, 1.54) is 30.1 Å². The van der Waals surface area contributed by atoms with Crippen LogP contribution in [-0.2, 0) is 0 Å². The lowest BCUT2D eigenvalue weighted by molar-refractivity contribution is 0.0984. The van der Waals surface area contributed by atoms with Crippen LogP contribution in [0.1, 0.15) is 20.7 Å². The van der Waals surface area contributed by atoms with Gasteiger partial charge in [0.25, 0.3) is 5.91 Å². The molecule has 34 heavy (non-hydrogen) atoms. The molecule has 6 nitrogen and oxygen atoms in total. The number of nitrogens with zero attached hydrogens (tertiary/aromatic N) is 3. The number of carbonyl (C=O) groups is 2. The predicted molar refractivity (Wildman–Crippen MR) is 137 cm³/mol. The predicted octanol–water partition coefficient (Wildman–Crippen LogP) is 5.12. The normalized spacial score (nSPS) is 13.6. The van der Waals surface area contributed by atoms with Crippen molar-refractivity contribution in [3.05, 3.63) is 75.7 Å². The zero-order valence-electron chi connectivity index (χ0n) is 18.2. The zero-order valence-corrected chi connectivity index (χ0v) is 20.6. The minimum atomic E-state index is -0.702. The third-order valence-corrected chi connectivity index (χ3v) is 7.15. The molecule has 0 spiro atoms. The summed E-state index contributed by atoms with van der Waals surface area (Å²) >= 11 is 14.4. The number of halogens is 3. The molecule has 1 fully saturated rings. The first-order chi connectivity index (χ1) is 16.3. The van der Waals surface area contributed by atoms with Crippen molar-refractivity contribution in [2.45, 2.75) is 0 Å². The number of aromatic nitrogens is 1. The smallest absolute Gasteiger partial charge is 0.263 e. The highest BCUT2D eigenvalue weighted by molar-refractivity contribution is 7.99. The van der Waals surface area contributed by atoms with Gasteiger partial charge in [-0.2, -0.15) is 11.8 Å². The Morgan fingerprint density at radius 2 is 1.85 bits per heavy atom. The van der Waals surface area contributed by atoms with Crippen molar-refractivity contribution in [1.82, 2.24) is 4.98 Å². The maximum atomic E-state index is 14.4. The van der Waals surface area contributed by atoms with Gasteiger partial charge in [0.15, 0.2) is 5.82 Å². The van der Waals surface area contributed by atoms with E-state index in [-0.39, 0.29) is 10.6 Å². The Morgan fingerprint density at radius 3 is 2.53 bits per heavy atom. The van der Waals surface area contributed by atoms with Crippen LogP contribution < -0.4 is 15.5 Å². The summed E-state index contributed by atoms with van der Waals surface area (Å²) in [5, 5.41) is 0.460. The van der Waals surface area contributed by atoms with Crippen molar-refractivity contribution in [2.24, 2.45) is 5.73 Å². The van der Waals surface area contributed by atoms with E-state index in [9.17, 15) is 14.0 Å². The first-order valence-electron chi connectivity index (χ1n) is 10.4. The number of anilines is 2. The Hall–Kier alpha value is -2.81. The van der Waals surface area contributed by atoms with Crippen LogP contribution >= 0.6 is 35.0 Å². The number of benzene rings is 2. The van der Waals surface area contributed by atoms with Gasteiger partial charge in [0.05, 0.1) is 16.3 Å². The monoisotopic (exact) mass is 518 g/mol. The fourth-order valence-electron chi connectivity index (χ4n) is 3.75. The molecule has 0 radical (unpaired) electrons. The van der Waals surface area contributed by atoms with Gasteiger partial charge >= 0.3 is 0 Å². The summed E-state index contributed by atoms with van der Waals surface area (Å²) in [6.45, 7) is 1.50. The molecule has 1 aliphatic rings. The third kappa shape index (κ3) is 4.85. The van der Waals surface area contributed by atoms with Gasteiger partial charge in [-0.25, -0.2) is 9.37 Å². The van der Waals surface area contributed by atoms with Gasteiger partial charge in [-0.05, 0) is 36.4 Å². The van der Waals surface area contributed by atoms with Crippen molar-refractivity contribution < 1.29 is 14.0 Å². The number of pyridine rings is 1. The minimum Gasteiger partial charge on any atom is -0.367 e. The topological polar surface area (TPSA) is 79.5 Å². The first kappa shape index (κ1) is 24.3. The number of carbonyl (C=O) groups excluding carboxylic acids is 2. The van der Waals surface area contributed by atoms with E-state index in [2.05, 4.69) is 9.88 Å². The summed E-state index contributed by atoms with van der Waals surface area (Å²) in [5.74, 6) is 0.318. The molecule has 1 saturated heterocycles. The second kappa shape index (κ2) is 10.2. The molecule has 0 bridgehead atoms. The number of rotatable bonds is 5. The summed E-state index contributed by atoms with van der Waals surface area (Å²) < 4.78 is 14.4. The highest BCUT2D eigenvalue weighted by Crippen LogP contribution is 2.37. The zero-order chi connectivity index (χ0) is 24.4. The fraction of sp³-hybridized carbons (Fsp3) is 0.208. The van der Waals surface area contributed by atoms with E-state index in [4.69, 9.17) is 28.9 Å². The van der Waals surface area contributed by atoms with Crippen molar-refractivity contribution >= 4 is 58.3 Å². The van der Waals surface area contributed by atoms with E-state index in [0.717, 1.165) is 24.6 Å². The Morgan fingerprint density at radius 1 is 1.12 bits per heavy atom. The SMILES string of the molecule is CN(C(=O)c1c(F)cccc1Cl)c1ncc(-c2cc(C(N)=O)ccc2Cl)cc1N1CCSCC1. The lowest BCUT2D eigenvalue weighted by Gasteiger charge is -2.32. The van der Waals surface area contributed by atoms with Crippen molar-refractivity contribution in [2.75, 3.05) is 41.4 Å². The number of nitrogens with two attached hydrogens (primary N) is 1. The van der Waals surface area contributed by atoms with Gasteiger partial charge in [0.1, 0.15) is 5.82 Å². The highest BCUT2D eigenvalue weighted by Gasteiger charge is 2.26. The molecule has 0 aliphatic carbocycles. The van der Waals surface area contributed by atoms with Gasteiger partial charge < -0.3 is 10.6 Å². The number of amides is 2. The van der Waals surface area contributed by atoms with Gasteiger partial charge in [-0.3, -0.25) is 14.5 Å². The number of primary amides is 1. The van der Waals surface area contributed by atoms with Gasteiger partial charge in [0.2, 0.25) is 5.91 Å². The van der Waals surface area contributed by atoms with Gasteiger partial charge in [-0.1, -0.05) is 29.3 Å². The molecule has 3 aromatic rings. The van der Waals surface area contributed by atoms with Crippen LogP contribution in [0.25, 0.3) is 11.1 Å². The van der Waals surface area contributed by atoms with E-state index < -0.39 is 17.6 Å². The molecule has 176 valence electrons. The Kier molecular flexibility index (Phi) is 7.30. The molecular formula is C24H21Cl2FN4O2S. The summed E-state index contributed by atoms with van der Waals surface area (Å²) in [6, 6.07) is 10.8. The highest BCUT2D eigenvalue weighted by atomic mass is 35.5. The largest absolute Gasteiger partial charge is 0.367 e. The molecule has 0 unspecified atom stereocenters. The molecule has 2 N–H and O–H groups in total. The summed E-state index contributed by atoms with van der Waals surface area (Å²) in [4.78, 5) is 32.9. The maximum absolute atomic E-state index is 14.4. The molecule has 0 atom stereocenters. The molecule has 4 rings (SSSR count). The Balaban J connectivity index is 1.81. The molecule has 2 aromatic carbocycles. The minimum absolute atomic E-state index is 0.0273. The summed E-state index contributed by atoms with van der Waals surface area (Å²) in [5.41, 5.74) is 7.50. The molecule has 10 heteroatoms. The number of hydrogen-bond acceptors (Lipinski definition) is 5. The average Bonchev–Trinajstić information content (AvgIpc) is 2.83. The van der Waals surface area contributed by atoms with Crippen molar-refractivity contribution in [1.29, 1.82) is 0 Å². The van der Waals surface area contributed by atoms with Crippen LogP contribution in [0, 0.1) is 5.82 Å². The Bertz CT molecular complexity index is 1250. The molecule has 2 amide bonds. The van der Waals surface area contributed by atoms with Crippen LogP contribution in [0.3, 0.4) is 0 Å². The molecular weight excluding hydrogens is 498 g/mol. The number of hydrogen-bond donors (Lipinski definition) is 1. The van der Waals surface area contributed by atoms with Gasteiger partial charge in [-0.15, -0.1) is 0 Å². The third-order valence-electron chi connectivity index (χ3n) is 5.56. The van der Waals surface area contributed by atoms with Crippen LogP contribution in [0.5, 0.6) is 0 Å². The molecule has 0 saturated carbocycles. The van der Waals surface area contributed by atoms with Crippen molar-refractivity contribution in [3.63, 3.8) is 0 Å². The van der Waals surface area contributed by atoms with E-state index in [1.54, 1.807) is 24.4 Å². The lowest BCUT2D eigenvalue weighted by atomic mass is 10.0. The van der Waals surface area contributed by atoms with E-state index in [0.29, 0.717) is 33.2 Å². The quantitative estimate of drug-likeness (QED) is 0.506. The second-order valence-electron chi connectivity index (χ2n) is 7.69. The first-order valence-corrected chi connectivity index (χ1v) is 12.3. The number of thioether (sulfide) groups is 1. The van der Waals surface area contributed by atoms with Crippen LogP contribution in [-0.4, -0.2) is 48.4 Å². The molecule has 1 aromatic heterocycles. The summed E-state index contributed by atoms with van der Waals surface area (Å²) in [7, 11) is 1.54.